The molecule has 0 amide bonds. The van der Waals surface area contributed by atoms with Gasteiger partial charge in [0.2, 0.25) is 0 Å². The van der Waals surface area contributed by atoms with Gasteiger partial charge in [0.25, 0.3) is 0 Å². The van der Waals surface area contributed by atoms with Crippen LogP contribution in [0.1, 0.15) is 52.4 Å². The van der Waals surface area contributed by atoms with Crippen molar-refractivity contribution in [3.63, 3.8) is 0 Å². The molecule has 18 heavy (non-hydrogen) atoms. The Morgan fingerprint density at radius 2 is 1.89 bits per heavy atom. The molecule has 7 heteroatoms. The number of quaternary nitrogens is 2. The van der Waals surface area contributed by atoms with Crippen LogP contribution in [0.2, 0.25) is 0 Å². The van der Waals surface area contributed by atoms with E-state index in [1.807, 2.05) is 0 Å². The summed E-state index contributed by atoms with van der Waals surface area (Å²) in [6.07, 6.45) is 3.95. The van der Waals surface area contributed by atoms with Crippen LogP contribution in [0.5, 0.6) is 0 Å². The molecule has 0 aromatic heterocycles. The van der Waals surface area contributed by atoms with Gasteiger partial charge < -0.3 is 15.5 Å². The molecule has 7 N–H and O–H groups in total. The summed E-state index contributed by atoms with van der Waals surface area (Å²) < 4.78 is 0. The normalized spacial score (nSPS) is 20.2. The van der Waals surface area contributed by atoms with Gasteiger partial charge in [-0.2, -0.15) is 11.7 Å². The summed E-state index contributed by atoms with van der Waals surface area (Å²) in [7, 11) is 0. The van der Waals surface area contributed by atoms with Crippen LogP contribution in [0.4, 0.5) is 0 Å². The summed E-state index contributed by atoms with van der Waals surface area (Å²) in [4.78, 5) is 0. The minimum absolute atomic E-state index is 0.251. The van der Waals surface area contributed by atoms with Gasteiger partial charge in [-0.25, -0.2) is 0 Å². The molecule has 0 aliphatic carbocycles. The summed E-state index contributed by atoms with van der Waals surface area (Å²) in [5.41, 5.74) is -0.873. The SMILES string of the molecule is CCCCC(C)(O)CC(CCC[NH+](N)[O-])[NH+](N)[O-]. The molecule has 7 nitrogen and oxygen atoms in total. The molecule has 4 atom stereocenters. The maximum absolute atomic E-state index is 11.3. The van der Waals surface area contributed by atoms with E-state index in [2.05, 4.69) is 6.92 Å². The van der Waals surface area contributed by atoms with Crippen molar-refractivity contribution in [2.24, 2.45) is 11.7 Å². The van der Waals surface area contributed by atoms with Crippen LogP contribution >= 0.6 is 0 Å². The van der Waals surface area contributed by atoms with E-state index in [0.29, 0.717) is 25.7 Å². The monoisotopic (exact) mass is 264 g/mol. The Hall–Kier alpha value is -0.280. The zero-order chi connectivity index (χ0) is 14.2. The minimum Gasteiger partial charge on any atom is -0.613 e. The lowest BCUT2D eigenvalue weighted by Crippen LogP contribution is -3.17. The van der Waals surface area contributed by atoms with Crippen LogP contribution in [0.25, 0.3) is 0 Å². The molecule has 4 unspecified atom stereocenters. The van der Waals surface area contributed by atoms with Crippen LogP contribution in [0, 0.1) is 10.4 Å². The minimum atomic E-state index is -0.873. The highest BCUT2D eigenvalue weighted by atomic mass is 16.5. The van der Waals surface area contributed by atoms with Gasteiger partial charge in [0.15, 0.2) is 0 Å². The largest absolute Gasteiger partial charge is 0.613 e. The fourth-order valence-electron chi connectivity index (χ4n) is 2.06. The zero-order valence-corrected chi connectivity index (χ0v) is 11.4. The Morgan fingerprint density at radius 3 is 2.33 bits per heavy atom. The van der Waals surface area contributed by atoms with Crippen molar-refractivity contribution in [1.29, 1.82) is 0 Å². The lowest BCUT2D eigenvalue weighted by molar-refractivity contribution is -0.891. The number of nitrogens with two attached hydrogens (primary N) is 2. The number of hydrogen-bond acceptors (Lipinski definition) is 5. The first-order chi connectivity index (χ1) is 8.28. The molecular weight excluding hydrogens is 236 g/mol. The molecule has 0 spiro atoms. The van der Waals surface area contributed by atoms with Crippen LogP contribution in [0.15, 0.2) is 0 Å². The van der Waals surface area contributed by atoms with Gasteiger partial charge >= 0.3 is 0 Å². The molecule has 110 valence electrons. The van der Waals surface area contributed by atoms with Crippen LogP contribution < -0.4 is 22.0 Å². The van der Waals surface area contributed by atoms with Crippen molar-refractivity contribution in [3.05, 3.63) is 10.4 Å². The summed E-state index contributed by atoms with van der Waals surface area (Å²) in [6.45, 7) is 4.03. The molecule has 0 rings (SSSR count). The third-order valence-electron chi connectivity index (χ3n) is 3.13. The summed E-state index contributed by atoms with van der Waals surface area (Å²) >= 11 is 0. The third-order valence-corrected chi connectivity index (χ3v) is 3.13. The van der Waals surface area contributed by atoms with Crippen molar-refractivity contribution < 1.29 is 15.5 Å². The van der Waals surface area contributed by atoms with E-state index >= 15 is 0 Å². The second kappa shape index (κ2) is 8.76. The van der Waals surface area contributed by atoms with E-state index in [9.17, 15) is 15.5 Å². The Morgan fingerprint density at radius 1 is 1.28 bits per heavy atom. The average Bonchev–Trinajstić information content (AvgIpc) is 2.24. The first-order valence-corrected chi connectivity index (χ1v) is 6.58. The molecule has 0 fully saturated rings. The smallest absolute Gasteiger partial charge is 0.107 e. The van der Waals surface area contributed by atoms with Crippen LogP contribution in [-0.2, 0) is 0 Å². The van der Waals surface area contributed by atoms with E-state index in [1.165, 1.54) is 0 Å². The van der Waals surface area contributed by atoms with E-state index in [1.54, 1.807) is 6.92 Å². The number of nitrogens with one attached hydrogen (secondary N) is 2. The molecule has 0 bridgehead atoms. The number of aliphatic hydroxyl groups is 1. The Bertz CT molecular complexity index is 212. The Kier molecular flexibility index (Phi) is 8.62. The Balaban J connectivity index is 4.17. The van der Waals surface area contributed by atoms with Gasteiger partial charge in [0, 0.05) is 19.3 Å². The highest BCUT2D eigenvalue weighted by Gasteiger charge is 2.27. The van der Waals surface area contributed by atoms with Crippen molar-refractivity contribution in [3.8, 4) is 0 Å². The van der Waals surface area contributed by atoms with Crippen molar-refractivity contribution >= 4 is 0 Å². The van der Waals surface area contributed by atoms with Crippen molar-refractivity contribution in [2.45, 2.75) is 64.0 Å². The predicted octanol–water partition coefficient (Wildman–Crippen LogP) is -2.02. The fraction of sp³-hybridized carbons (Fsp3) is 1.00. The topological polar surface area (TPSA) is 127 Å². The highest BCUT2D eigenvalue weighted by molar-refractivity contribution is 4.76. The molecule has 0 aromatic rings. The standard InChI is InChI=1S/C11H28N4O3/c1-3-4-7-11(2,16)9-10(15(13)18)6-5-8-14(12)17/h10,14-16H,3-9,12-13H2,1-2H3. The van der Waals surface area contributed by atoms with E-state index in [-0.39, 0.29) is 11.7 Å². The molecular formula is C11H28N4O3. The molecule has 0 aliphatic heterocycles. The number of unbranched alkanes of at least 4 members (excludes halogenated alkanes) is 1. The quantitative estimate of drug-likeness (QED) is 0.230. The van der Waals surface area contributed by atoms with Crippen LogP contribution in [0.3, 0.4) is 0 Å². The third kappa shape index (κ3) is 8.76. The maximum atomic E-state index is 11.3. The number of rotatable bonds is 10. The van der Waals surface area contributed by atoms with Gasteiger partial charge in [-0.3, -0.25) is 10.3 Å². The van der Waals surface area contributed by atoms with Gasteiger partial charge in [-0.15, -0.1) is 0 Å². The van der Waals surface area contributed by atoms with Crippen LogP contribution in [-0.4, -0.2) is 23.3 Å². The molecule has 0 heterocycles. The predicted molar refractivity (Wildman–Crippen MR) is 69.7 cm³/mol. The zero-order valence-electron chi connectivity index (χ0n) is 11.4. The second-order valence-corrected chi connectivity index (χ2v) is 5.26. The first kappa shape index (κ1) is 17.7. The second-order valence-electron chi connectivity index (χ2n) is 5.26. The summed E-state index contributed by atoms with van der Waals surface area (Å²) in [6, 6.07) is -0.392. The van der Waals surface area contributed by atoms with Gasteiger partial charge in [0.1, 0.15) is 6.04 Å². The van der Waals surface area contributed by atoms with Gasteiger partial charge in [-0.1, -0.05) is 19.8 Å². The maximum Gasteiger partial charge on any atom is 0.107 e. The first-order valence-electron chi connectivity index (χ1n) is 6.58. The number of hydroxylamine groups is 2. The molecule has 0 aliphatic rings. The molecule has 0 radical (unpaired) electrons. The fourth-order valence-corrected chi connectivity index (χ4v) is 2.06. The van der Waals surface area contributed by atoms with E-state index < -0.39 is 16.8 Å². The molecule has 0 aromatic carbocycles. The summed E-state index contributed by atoms with van der Waals surface area (Å²) in [5, 5.41) is 31.3. The lowest BCUT2D eigenvalue weighted by Gasteiger charge is -2.33. The highest BCUT2D eigenvalue weighted by Crippen LogP contribution is 2.20. The van der Waals surface area contributed by atoms with E-state index in [4.69, 9.17) is 11.7 Å². The van der Waals surface area contributed by atoms with Crippen molar-refractivity contribution in [2.75, 3.05) is 6.54 Å². The number of hydrogen-bond donors (Lipinski definition) is 5. The van der Waals surface area contributed by atoms with Crippen molar-refractivity contribution in [1.82, 2.24) is 0 Å². The lowest BCUT2D eigenvalue weighted by atomic mass is 9.90. The van der Waals surface area contributed by atoms with Gasteiger partial charge in [0.05, 0.1) is 12.1 Å². The molecule has 0 saturated carbocycles. The van der Waals surface area contributed by atoms with Gasteiger partial charge in [-0.05, 0) is 13.3 Å². The Labute approximate surface area is 109 Å². The van der Waals surface area contributed by atoms with E-state index in [0.717, 1.165) is 12.8 Å². The molecule has 0 saturated heterocycles. The average molecular weight is 264 g/mol. The summed E-state index contributed by atoms with van der Waals surface area (Å²) in [5.74, 6) is 10.4.